The molecule has 0 aromatic carbocycles. The minimum atomic E-state index is -0.999. The van der Waals surface area contributed by atoms with Gasteiger partial charge in [-0.15, -0.1) is 0 Å². The summed E-state index contributed by atoms with van der Waals surface area (Å²) in [6.45, 7) is 5.91. The number of pyridine rings is 1. The minimum absolute atomic E-state index is 0.0715. The molecule has 2 rings (SSSR count). The molecule has 1 aromatic heterocycles. The zero-order valence-electron chi connectivity index (χ0n) is 10.2. The fourth-order valence-electron chi connectivity index (χ4n) is 1.93. The van der Waals surface area contributed by atoms with E-state index in [4.69, 9.17) is 5.11 Å². The smallest absolute Gasteiger partial charge is 0.354 e. The summed E-state index contributed by atoms with van der Waals surface area (Å²) in [4.78, 5) is 17.1. The highest BCUT2D eigenvalue weighted by atomic mass is 16.4. The van der Waals surface area contributed by atoms with Gasteiger partial charge in [0.1, 0.15) is 5.82 Å². The van der Waals surface area contributed by atoms with Crippen LogP contribution in [-0.2, 0) is 0 Å². The molecule has 0 radical (unpaired) electrons. The number of hydrogen-bond donors (Lipinski definition) is 3. The number of piperazine rings is 1. The number of aromatic nitrogens is 1. The van der Waals surface area contributed by atoms with E-state index in [0.29, 0.717) is 5.82 Å². The van der Waals surface area contributed by atoms with E-state index in [1.165, 1.54) is 6.07 Å². The van der Waals surface area contributed by atoms with Crippen molar-refractivity contribution in [1.29, 1.82) is 0 Å². The maximum atomic E-state index is 10.8. The van der Waals surface area contributed by atoms with Gasteiger partial charge in [-0.3, -0.25) is 4.90 Å². The van der Waals surface area contributed by atoms with Gasteiger partial charge in [-0.05, 0) is 12.1 Å². The van der Waals surface area contributed by atoms with Gasteiger partial charge in [0.2, 0.25) is 0 Å². The molecule has 6 nitrogen and oxygen atoms in total. The molecule has 0 aliphatic carbocycles. The first-order valence-electron chi connectivity index (χ1n) is 6.13. The molecule has 1 aliphatic rings. The predicted octanol–water partition coefficient (Wildman–Crippen LogP) is 0.0969. The molecule has 0 amide bonds. The number of aromatic carboxylic acids is 1. The maximum absolute atomic E-state index is 10.8. The number of nitrogens with zero attached hydrogens (tertiary/aromatic N) is 2. The summed E-state index contributed by atoms with van der Waals surface area (Å²) < 4.78 is 0. The van der Waals surface area contributed by atoms with E-state index in [-0.39, 0.29) is 5.69 Å². The number of carboxylic acid groups (broad SMARTS) is 1. The molecule has 3 N–H and O–H groups in total. The Morgan fingerprint density at radius 3 is 2.94 bits per heavy atom. The van der Waals surface area contributed by atoms with Crippen LogP contribution in [0.4, 0.5) is 5.82 Å². The lowest BCUT2D eigenvalue weighted by atomic mass is 10.3. The third-order valence-electron chi connectivity index (χ3n) is 2.91. The summed E-state index contributed by atoms with van der Waals surface area (Å²) >= 11 is 0. The van der Waals surface area contributed by atoms with Crippen molar-refractivity contribution in [3.63, 3.8) is 0 Å². The van der Waals surface area contributed by atoms with Crippen LogP contribution in [0.3, 0.4) is 0 Å². The topological polar surface area (TPSA) is 77.5 Å². The van der Waals surface area contributed by atoms with Crippen molar-refractivity contribution in [2.24, 2.45) is 0 Å². The van der Waals surface area contributed by atoms with Crippen molar-refractivity contribution in [3.05, 3.63) is 23.9 Å². The first-order valence-corrected chi connectivity index (χ1v) is 6.13. The van der Waals surface area contributed by atoms with Gasteiger partial charge in [-0.25, -0.2) is 9.78 Å². The van der Waals surface area contributed by atoms with Crippen LogP contribution in [0.15, 0.2) is 18.2 Å². The molecule has 0 bridgehead atoms. The second-order valence-corrected chi connectivity index (χ2v) is 4.23. The Labute approximate surface area is 106 Å². The minimum Gasteiger partial charge on any atom is -0.477 e. The highest BCUT2D eigenvalue weighted by molar-refractivity contribution is 5.85. The molecule has 6 heteroatoms. The zero-order valence-corrected chi connectivity index (χ0v) is 10.2. The molecular formula is C12H18N4O2. The maximum Gasteiger partial charge on any atom is 0.354 e. The SMILES string of the molecule is O=C(O)c1cccc(NCCN2CCNCC2)n1. The lowest BCUT2D eigenvalue weighted by molar-refractivity contribution is 0.0690. The number of carbonyl (C=O) groups is 1. The van der Waals surface area contributed by atoms with Crippen LogP contribution in [0.5, 0.6) is 0 Å². The van der Waals surface area contributed by atoms with Crippen LogP contribution in [0.25, 0.3) is 0 Å². The van der Waals surface area contributed by atoms with E-state index in [0.717, 1.165) is 39.3 Å². The van der Waals surface area contributed by atoms with Gasteiger partial charge in [0.05, 0.1) is 0 Å². The van der Waals surface area contributed by atoms with Crippen molar-refractivity contribution in [2.45, 2.75) is 0 Å². The fraction of sp³-hybridized carbons (Fsp3) is 0.500. The highest BCUT2D eigenvalue weighted by Crippen LogP contribution is 2.04. The lowest BCUT2D eigenvalue weighted by Gasteiger charge is -2.27. The molecule has 0 unspecified atom stereocenters. The van der Waals surface area contributed by atoms with E-state index >= 15 is 0 Å². The van der Waals surface area contributed by atoms with Gasteiger partial charge in [-0.1, -0.05) is 6.07 Å². The molecule has 1 aliphatic heterocycles. The largest absolute Gasteiger partial charge is 0.477 e. The second kappa shape index (κ2) is 6.32. The Balaban J connectivity index is 1.78. The Bertz CT molecular complexity index is 405. The van der Waals surface area contributed by atoms with E-state index in [1.54, 1.807) is 12.1 Å². The highest BCUT2D eigenvalue weighted by Gasteiger charge is 2.09. The Morgan fingerprint density at radius 1 is 1.44 bits per heavy atom. The van der Waals surface area contributed by atoms with Crippen LogP contribution >= 0.6 is 0 Å². The van der Waals surface area contributed by atoms with Crippen molar-refractivity contribution in [2.75, 3.05) is 44.6 Å². The number of anilines is 1. The van der Waals surface area contributed by atoms with Gasteiger partial charge < -0.3 is 15.7 Å². The van der Waals surface area contributed by atoms with Crippen molar-refractivity contribution in [3.8, 4) is 0 Å². The average molecular weight is 250 g/mol. The Hall–Kier alpha value is -1.66. The van der Waals surface area contributed by atoms with Gasteiger partial charge in [0, 0.05) is 39.3 Å². The average Bonchev–Trinajstić information content (AvgIpc) is 2.40. The third kappa shape index (κ3) is 3.68. The summed E-state index contributed by atoms with van der Waals surface area (Å²) in [6.07, 6.45) is 0. The Kier molecular flexibility index (Phi) is 4.49. The molecule has 0 spiro atoms. The quantitative estimate of drug-likeness (QED) is 0.688. The molecule has 98 valence electrons. The van der Waals surface area contributed by atoms with E-state index in [2.05, 4.69) is 20.5 Å². The fourth-order valence-corrected chi connectivity index (χ4v) is 1.93. The predicted molar refractivity (Wildman–Crippen MR) is 69.0 cm³/mol. The molecular weight excluding hydrogens is 232 g/mol. The molecule has 18 heavy (non-hydrogen) atoms. The summed E-state index contributed by atoms with van der Waals surface area (Å²) in [5.74, 6) is -0.384. The number of hydrogen-bond acceptors (Lipinski definition) is 5. The van der Waals surface area contributed by atoms with Crippen LogP contribution < -0.4 is 10.6 Å². The van der Waals surface area contributed by atoms with E-state index in [9.17, 15) is 4.79 Å². The normalized spacial score (nSPS) is 16.4. The monoisotopic (exact) mass is 250 g/mol. The number of carboxylic acids is 1. The molecule has 1 aromatic rings. The van der Waals surface area contributed by atoms with Gasteiger partial charge in [0.25, 0.3) is 0 Å². The van der Waals surface area contributed by atoms with Gasteiger partial charge in [-0.2, -0.15) is 0 Å². The number of nitrogens with one attached hydrogen (secondary N) is 2. The summed E-state index contributed by atoms with van der Waals surface area (Å²) in [5.41, 5.74) is 0.0715. The van der Waals surface area contributed by atoms with Gasteiger partial charge >= 0.3 is 5.97 Å². The third-order valence-corrected chi connectivity index (χ3v) is 2.91. The first-order chi connectivity index (χ1) is 8.75. The van der Waals surface area contributed by atoms with Crippen molar-refractivity contribution >= 4 is 11.8 Å². The van der Waals surface area contributed by atoms with Crippen LogP contribution in [0.2, 0.25) is 0 Å². The zero-order chi connectivity index (χ0) is 12.8. The molecule has 2 heterocycles. The Morgan fingerprint density at radius 2 is 2.22 bits per heavy atom. The molecule has 0 atom stereocenters. The van der Waals surface area contributed by atoms with E-state index in [1.807, 2.05) is 0 Å². The van der Waals surface area contributed by atoms with Crippen molar-refractivity contribution in [1.82, 2.24) is 15.2 Å². The van der Waals surface area contributed by atoms with Gasteiger partial charge in [0.15, 0.2) is 5.69 Å². The first kappa shape index (κ1) is 12.8. The summed E-state index contributed by atoms with van der Waals surface area (Å²) in [7, 11) is 0. The molecule has 0 saturated carbocycles. The number of rotatable bonds is 5. The van der Waals surface area contributed by atoms with Crippen LogP contribution in [0.1, 0.15) is 10.5 Å². The van der Waals surface area contributed by atoms with E-state index < -0.39 is 5.97 Å². The van der Waals surface area contributed by atoms with Crippen molar-refractivity contribution < 1.29 is 9.90 Å². The summed E-state index contributed by atoms with van der Waals surface area (Å²) in [5, 5.41) is 15.3. The van der Waals surface area contributed by atoms with Crippen LogP contribution in [0, 0.1) is 0 Å². The standard InChI is InChI=1S/C12H18N4O2/c17-12(18)10-2-1-3-11(15-10)14-6-9-16-7-4-13-5-8-16/h1-3,13H,4-9H2,(H,14,15)(H,17,18). The molecule has 1 saturated heterocycles. The molecule has 1 fully saturated rings. The lowest BCUT2D eigenvalue weighted by Crippen LogP contribution is -2.45. The summed E-state index contributed by atoms with van der Waals surface area (Å²) in [6, 6.07) is 4.97. The second-order valence-electron chi connectivity index (χ2n) is 4.23. The van der Waals surface area contributed by atoms with Crippen LogP contribution in [-0.4, -0.2) is 60.2 Å².